The molecular formula is C26H25F3N6O5. The number of carbonyl (C=O) groups is 3. The van der Waals surface area contributed by atoms with Crippen LogP contribution in [0.1, 0.15) is 24.2 Å². The molecule has 14 heteroatoms. The van der Waals surface area contributed by atoms with Gasteiger partial charge < -0.3 is 26.4 Å². The van der Waals surface area contributed by atoms with Gasteiger partial charge in [-0.1, -0.05) is 0 Å². The number of carboxylic acid groups (broad SMARTS) is 1. The molecule has 2 aromatic heterocycles. The zero-order valence-electron chi connectivity index (χ0n) is 21.3. The number of nitrogens with two attached hydrogens (primary N) is 1. The van der Waals surface area contributed by atoms with Gasteiger partial charge in [0.2, 0.25) is 17.2 Å². The fourth-order valence-corrected chi connectivity index (χ4v) is 5.06. The maximum Gasteiger partial charge on any atom is 0.341 e. The van der Waals surface area contributed by atoms with Crippen LogP contribution in [0.5, 0.6) is 0 Å². The van der Waals surface area contributed by atoms with Crippen molar-refractivity contribution in [1.29, 1.82) is 0 Å². The van der Waals surface area contributed by atoms with Gasteiger partial charge in [-0.05, 0) is 32.0 Å². The van der Waals surface area contributed by atoms with Crippen molar-refractivity contribution >= 4 is 34.6 Å². The van der Waals surface area contributed by atoms with Crippen molar-refractivity contribution in [3.63, 3.8) is 0 Å². The van der Waals surface area contributed by atoms with Crippen molar-refractivity contribution < 1.29 is 32.7 Å². The Morgan fingerprint density at radius 3 is 2.35 bits per heavy atom. The summed E-state index contributed by atoms with van der Waals surface area (Å²) in [6.07, 6.45) is 0.871. The fraction of sp³-hybridized carbons (Fsp3) is 0.346. The molecule has 40 heavy (non-hydrogen) atoms. The van der Waals surface area contributed by atoms with Crippen LogP contribution in [0.4, 0.5) is 19.0 Å². The van der Waals surface area contributed by atoms with Crippen LogP contribution in [-0.4, -0.2) is 63.7 Å². The Kier molecular flexibility index (Phi) is 6.74. The van der Waals surface area contributed by atoms with Crippen molar-refractivity contribution in [2.24, 2.45) is 17.6 Å². The summed E-state index contributed by atoms with van der Waals surface area (Å²) in [5.41, 5.74) is 3.28. The van der Waals surface area contributed by atoms with Crippen LogP contribution in [0.15, 0.2) is 35.3 Å². The van der Waals surface area contributed by atoms with Crippen LogP contribution < -0.4 is 26.7 Å². The lowest BCUT2D eigenvalue weighted by Crippen LogP contribution is -2.50. The molecule has 1 unspecified atom stereocenters. The normalized spacial score (nSPS) is 21.1. The lowest BCUT2D eigenvalue weighted by atomic mass is 10.1. The number of hydrogen-bond donors (Lipinski definition) is 4. The van der Waals surface area contributed by atoms with E-state index in [9.17, 15) is 33.1 Å². The number of benzene rings is 1. The predicted octanol–water partition coefficient (Wildman–Crippen LogP) is 0.904. The Hall–Kier alpha value is -4.46. The highest BCUT2D eigenvalue weighted by Crippen LogP contribution is 2.47. The average molecular weight is 559 g/mol. The van der Waals surface area contributed by atoms with Crippen LogP contribution in [0.25, 0.3) is 16.7 Å². The molecule has 5 rings (SSSR count). The van der Waals surface area contributed by atoms with E-state index in [-0.39, 0.29) is 46.3 Å². The highest BCUT2D eigenvalue weighted by Gasteiger charge is 2.57. The zero-order chi connectivity index (χ0) is 29.0. The molecule has 3 heterocycles. The lowest BCUT2D eigenvalue weighted by Gasteiger charge is -2.23. The maximum atomic E-state index is 15.2. The summed E-state index contributed by atoms with van der Waals surface area (Å²) in [6.45, 7) is 3.66. The summed E-state index contributed by atoms with van der Waals surface area (Å²) in [5, 5.41) is 14.5. The number of pyridine rings is 2. The van der Waals surface area contributed by atoms with Crippen molar-refractivity contribution in [2.45, 2.75) is 32.0 Å². The Morgan fingerprint density at radius 1 is 1.07 bits per heavy atom. The third-order valence-corrected chi connectivity index (χ3v) is 7.28. The number of aromatic nitrogens is 2. The Balaban J connectivity index is 1.42. The summed E-state index contributed by atoms with van der Waals surface area (Å²) in [7, 11) is 0. The van der Waals surface area contributed by atoms with E-state index in [1.807, 2.05) is 0 Å². The lowest BCUT2D eigenvalue weighted by molar-refractivity contribution is -0.129. The van der Waals surface area contributed by atoms with Crippen LogP contribution in [-0.2, 0) is 9.59 Å². The number of carbonyl (C=O) groups excluding carboxylic acids is 2. The van der Waals surface area contributed by atoms with Crippen molar-refractivity contribution in [2.75, 3.05) is 18.0 Å². The van der Waals surface area contributed by atoms with E-state index in [1.165, 1.54) is 13.8 Å². The van der Waals surface area contributed by atoms with Gasteiger partial charge in [-0.15, -0.1) is 0 Å². The van der Waals surface area contributed by atoms with E-state index in [0.29, 0.717) is 19.2 Å². The van der Waals surface area contributed by atoms with Crippen molar-refractivity contribution in [3.05, 3.63) is 63.7 Å². The highest BCUT2D eigenvalue weighted by atomic mass is 19.1. The number of nitrogens with one attached hydrogen (secondary N) is 2. The number of rotatable bonds is 7. The van der Waals surface area contributed by atoms with E-state index in [2.05, 4.69) is 15.6 Å². The smallest absolute Gasteiger partial charge is 0.341 e. The fourth-order valence-electron chi connectivity index (χ4n) is 5.06. The molecular weight excluding hydrogens is 533 g/mol. The van der Waals surface area contributed by atoms with E-state index in [4.69, 9.17) is 5.73 Å². The summed E-state index contributed by atoms with van der Waals surface area (Å²) >= 11 is 0. The molecule has 0 spiro atoms. The topological polar surface area (TPSA) is 160 Å². The van der Waals surface area contributed by atoms with Crippen LogP contribution >= 0.6 is 0 Å². The van der Waals surface area contributed by atoms with Crippen LogP contribution in [0.2, 0.25) is 0 Å². The first-order valence-corrected chi connectivity index (χ1v) is 12.4. The summed E-state index contributed by atoms with van der Waals surface area (Å²) < 4.78 is 44.5. The number of carboxylic acids is 1. The van der Waals surface area contributed by atoms with Crippen LogP contribution in [0, 0.1) is 29.3 Å². The number of hydrogen-bond acceptors (Lipinski definition) is 7. The summed E-state index contributed by atoms with van der Waals surface area (Å²) in [6, 6.07) is 1.71. The Labute approximate surface area is 224 Å². The van der Waals surface area contributed by atoms with Gasteiger partial charge in [0, 0.05) is 43.2 Å². The molecule has 3 aromatic rings. The van der Waals surface area contributed by atoms with Crippen LogP contribution in [0.3, 0.4) is 0 Å². The van der Waals surface area contributed by atoms with Gasteiger partial charge in [-0.25, -0.2) is 22.9 Å². The standard InChI is InChI=1S/C26H25F3N6O5/c1-10(30)24(37)31-11(2)25(38)32-20-14-7-34(8-15(14)20)23-18(29)6-13-21(36)16(26(39)40)9-35(22(13)33-23)19-4-3-12(27)5-17(19)28/h3-6,9-11,14-15,20H,7-8,30H2,1-2H3,(H,31,37)(H,32,38)(H,39,40)/t10-,11-,14-,15?,20+/m0/s1. The minimum absolute atomic E-state index is 0.0247. The number of halogens is 3. The number of fused-ring (bicyclic) bond motifs is 2. The first kappa shape index (κ1) is 27.1. The second kappa shape index (κ2) is 9.93. The van der Waals surface area contributed by atoms with Gasteiger partial charge in [-0.3, -0.25) is 19.0 Å². The largest absolute Gasteiger partial charge is 0.477 e. The SMILES string of the molecule is C[C@H](N)C(=O)N[C@@H](C)C(=O)N[C@H]1C2CN(c3nc4c(cc3F)c(=O)c(C(=O)O)cn4-c3ccc(F)cc3F)C[C@@H]21. The minimum Gasteiger partial charge on any atom is -0.477 e. The molecule has 1 aliphatic heterocycles. The molecule has 1 saturated heterocycles. The number of piperidine rings is 1. The second-order valence-corrected chi connectivity index (χ2v) is 10.1. The molecule has 2 aliphatic rings. The monoisotopic (exact) mass is 558 g/mol. The minimum atomic E-state index is -1.60. The van der Waals surface area contributed by atoms with Gasteiger partial charge in [0.25, 0.3) is 0 Å². The van der Waals surface area contributed by atoms with E-state index < -0.39 is 52.4 Å². The zero-order valence-corrected chi connectivity index (χ0v) is 21.3. The third kappa shape index (κ3) is 4.74. The second-order valence-electron chi connectivity index (χ2n) is 10.1. The molecule has 0 bridgehead atoms. The predicted molar refractivity (Wildman–Crippen MR) is 137 cm³/mol. The first-order chi connectivity index (χ1) is 18.9. The van der Waals surface area contributed by atoms with Crippen molar-refractivity contribution in [1.82, 2.24) is 20.2 Å². The molecule has 1 aliphatic carbocycles. The van der Waals surface area contributed by atoms with Crippen molar-refractivity contribution in [3.8, 4) is 5.69 Å². The number of aromatic carboxylic acids is 1. The first-order valence-electron chi connectivity index (χ1n) is 12.4. The highest BCUT2D eigenvalue weighted by molar-refractivity contribution is 5.93. The molecule has 5 N–H and O–H groups in total. The number of amides is 2. The van der Waals surface area contributed by atoms with E-state index in [1.54, 1.807) is 4.90 Å². The van der Waals surface area contributed by atoms with Gasteiger partial charge in [-0.2, -0.15) is 0 Å². The van der Waals surface area contributed by atoms with Gasteiger partial charge in [0.15, 0.2) is 17.3 Å². The quantitative estimate of drug-likeness (QED) is 0.333. The van der Waals surface area contributed by atoms with E-state index in [0.717, 1.165) is 29.0 Å². The molecule has 11 nitrogen and oxygen atoms in total. The molecule has 1 saturated carbocycles. The number of anilines is 1. The average Bonchev–Trinajstić information content (AvgIpc) is 3.31. The summed E-state index contributed by atoms with van der Waals surface area (Å²) in [5.74, 6) is -5.42. The molecule has 2 fully saturated rings. The number of nitrogens with zero attached hydrogens (tertiary/aromatic N) is 3. The molecule has 210 valence electrons. The maximum absolute atomic E-state index is 15.2. The van der Waals surface area contributed by atoms with Gasteiger partial charge in [0.1, 0.15) is 23.2 Å². The Morgan fingerprint density at radius 2 is 1.75 bits per heavy atom. The molecule has 1 aromatic carbocycles. The molecule has 2 amide bonds. The van der Waals surface area contributed by atoms with Gasteiger partial charge in [0.05, 0.1) is 17.1 Å². The molecule has 5 atom stereocenters. The summed E-state index contributed by atoms with van der Waals surface area (Å²) in [4.78, 5) is 54.6. The third-order valence-electron chi connectivity index (χ3n) is 7.28. The van der Waals surface area contributed by atoms with Gasteiger partial charge >= 0.3 is 5.97 Å². The molecule has 0 radical (unpaired) electrons. The Bertz CT molecular complexity index is 1610. The van der Waals surface area contributed by atoms with E-state index >= 15 is 4.39 Å².